The van der Waals surface area contributed by atoms with Crippen LogP contribution in [0.15, 0.2) is 39.1 Å². The Morgan fingerprint density at radius 3 is 2.70 bits per heavy atom. The smallest absolute Gasteiger partial charge is 0.283 e. The molecule has 0 aromatic carbocycles. The highest BCUT2D eigenvalue weighted by Gasteiger charge is 2.47. The molecule has 0 radical (unpaired) electrons. The minimum absolute atomic E-state index is 0.257. The monoisotopic (exact) mass is 336 g/mol. The molecule has 0 saturated carbocycles. The van der Waals surface area contributed by atoms with E-state index in [0.717, 1.165) is 12.0 Å². The number of halogens is 1. The second-order valence-corrected chi connectivity index (χ2v) is 5.65. The summed E-state index contributed by atoms with van der Waals surface area (Å²) >= 11 is 6.18. The lowest BCUT2D eigenvalue weighted by molar-refractivity contribution is -0.121. The zero-order valence-electron chi connectivity index (χ0n) is 13.7. The molecular formula is C15H21ClN6O. The van der Waals surface area contributed by atoms with Crippen LogP contribution in [0.2, 0.25) is 0 Å². The molecule has 23 heavy (non-hydrogen) atoms. The lowest BCUT2D eigenvalue weighted by Crippen LogP contribution is -2.39. The predicted octanol–water partition coefficient (Wildman–Crippen LogP) is 1.65. The number of allylic oxidation sites excluding steroid dienone is 1. The van der Waals surface area contributed by atoms with Crippen molar-refractivity contribution in [3.8, 4) is 0 Å². The molecule has 0 unspecified atom stereocenters. The third-order valence-corrected chi connectivity index (χ3v) is 4.20. The Kier molecular flexibility index (Phi) is 4.79. The van der Waals surface area contributed by atoms with Gasteiger partial charge in [0.1, 0.15) is 17.4 Å². The van der Waals surface area contributed by atoms with E-state index in [4.69, 9.17) is 22.7 Å². The van der Waals surface area contributed by atoms with Crippen LogP contribution in [-0.4, -0.2) is 40.8 Å². The Bertz CT molecular complexity index is 688. The third kappa shape index (κ3) is 2.84. The van der Waals surface area contributed by atoms with Crippen molar-refractivity contribution in [1.29, 1.82) is 5.41 Å². The first-order valence-corrected chi connectivity index (χ1v) is 7.67. The number of hydrogen-bond donors (Lipinski definition) is 3. The van der Waals surface area contributed by atoms with Crippen LogP contribution < -0.4 is 11.1 Å². The Labute approximate surface area is 140 Å². The lowest BCUT2D eigenvalue weighted by Gasteiger charge is -2.24. The van der Waals surface area contributed by atoms with Crippen LogP contribution in [0.25, 0.3) is 0 Å². The van der Waals surface area contributed by atoms with Gasteiger partial charge in [-0.05, 0) is 37.6 Å². The van der Waals surface area contributed by atoms with Crippen molar-refractivity contribution in [3.05, 3.63) is 34.1 Å². The lowest BCUT2D eigenvalue weighted by atomic mass is 10.1. The fraction of sp³-hybridized carbons (Fsp3) is 0.400. The number of hydrogen-bond acceptors (Lipinski definition) is 5. The number of amidine groups is 1. The number of carbonyl (C=O) groups excluding carboxylic acids is 1. The van der Waals surface area contributed by atoms with E-state index in [1.807, 2.05) is 13.8 Å². The molecule has 2 rings (SSSR count). The molecule has 2 aliphatic rings. The van der Waals surface area contributed by atoms with E-state index in [1.54, 1.807) is 14.0 Å². The summed E-state index contributed by atoms with van der Waals surface area (Å²) in [6.45, 7) is 5.96. The van der Waals surface area contributed by atoms with Gasteiger partial charge in [-0.1, -0.05) is 18.5 Å². The molecule has 1 saturated heterocycles. The summed E-state index contributed by atoms with van der Waals surface area (Å²) < 4.78 is 0. The van der Waals surface area contributed by atoms with Crippen molar-refractivity contribution < 1.29 is 4.79 Å². The standard InChI is InChI=1S/C15H21ClN6O/c1-5-8(2)13-20-7-10(18)21-12(16)14(21)22(13)15(23)11(19-4)9(3)6-17/h6,18,20H,5,7,17H2,1-4H3/b9-6?,13-8-,18-10?,19-11?. The second-order valence-electron chi connectivity index (χ2n) is 5.30. The van der Waals surface area contributed by atoms with Gasteiger partial charge in [0, 0.05) is 7.05 Å². The maximum Gasteiger partial charge on any atom is 0.283 e. The zero-order valence-corrected chi connectivity index (χ0v) is 14.5. The van der Waals surface area contributed by atoms with Crippen LogP contribution >= 0.6 is 11.6 Å². The predicted molar refractivity (Wildman–Crippen MR) is 91.6 cm³/mol. The molecule has 0 aromatic heterocycles. The van der Waals surface area contributed by atoms with Gasteiger partial charge in [-0.3, -0.25) is 20.1 Å². The Morgan fingerprint density at radius 2 is 2.17 bits per heavy atom. The third-order valence-electron chi connectivity index (χ3n) is 3.86. The summed E-state index contributed by atoms with van der Waals surface area (Å²) in [7, 11) is 1.55. The number of fused-ring (bicyclic) bond motifs is 1. The van der Waals surface area contributed by atoms with Crippen molar-refractivity contribution in [3.63, 3.8) is 0 Å². The molecule has 1 fully saturated rings. The second kappa shape index (κ2) is 6.45. The van der Waals surface area contributed by atoms with Crippen molar-refractivity contribution in [2.45, 2.75) is 27.2 Å². The van der Waals surface area contributed by atoms with Crippen LogP contribution in [0.4, 0.5) is 0 Å². The largest absolute Gasteiger partial charge is 0.404 e. The topological polar surface area (TPSA) is 97.6 Å². The number of rotatable bonds is 3. The molecule has 8 heteroatoms. The molecule has 0 aliphatic carbocycles. The van der Waals surface area contributed by atoms with E-state index in [1.165, 1.54) is 16.0 Å². The molecule has 2 aliphatic heterocycles. The molecule has 7 nitrogen and oxygen atoms in total. The van der Waals surface area contributed by atoms with Gasteiger partial charge >= 0.3 is 0 Å². The molecule has 1 amide bonds. The average molecular weight is 337 g/mol. The molecule has 0 atom stereocenters. The summed E-state index contributed by atoms with van der Waals surface area (Å²) in [6, 6.07) is 0. The van der Waals surface area contributed by atoms with Gasteiger partial charge in [-0.25, -0.2) is 4.90 Å². The molecule has 0 spiro atoms. The SMILES string of the molecule is CC/C(C)=C1/NCC(=N)N2C(Cl)=C2N1C(=O)C(=NC)C(C)=CN. The fourth-order valence-corrected chi connectivity index (χ4v) is 2.65. The minimum Gasteiger partial charge on any atom is -0.404 e. The first-order chi connectivity index (χ1) is 10.9. The van der Waals surface area contributed by atoms with Gasteiger partial charge in [-0.2, -0.15) is 0 Å². The normalized spacial score (nSPS) is 21.0. The summed E-state index contributed by atoms with van der Waals surface area (Å²) in [4.78, 5) is 20.1. The van der Waals surface area contributed by atoms with E-state index >= 15 is 0 Å². The van der Waals surface area contributed by atoms with Crippen molar-refractivity contribution >= 4 is 29.1 Å². The van der Waals surface area contributed by atoms with Gasteiger partial charge in [0.25, 0.3) is 5.91 Å². The highest BCUT2D eigenvalue weighted by atomic mass is 35.5. The zero-order chi connectivity index (χ0) is 17.3. The highest BCUT2D eigenvalue weighted by Crippen LogP contribution is 2.42. The molecular weight excluding hydrogens is 316 g/mol. The van der Waals surface area contributed by atoms with Crippen molar-refractivity contribution in [1.82, 2.24) is 15.1 Å². The first-order valence-electron chi connectivity index (χ1n) is 7.30. The van der Waals surface area contributed by atoms with E-state index in [9.17, 15) is 4.79 Å². The van der Waals surface area contributed by atoms with Crippen LogP contribution in [0, 0.1) is 5.41 Å². The first kappa shape index (κ1) is 17.1. The molecule has 0 aromatic rings. The van der Waals surface area contributed by atoms with Crippen LogP contribution in [0.1, 0.15) is 27.2 Å². The van der Waals surface area contributed by atoms with E-state index in [0.29, 0.717) is 34.8 Å². The summed E-state index contributed by atoms with van der Waals surface area (Å²) in [6.07, 6.45) is 2.11. The maximum absolute atomic E-state index is 13.0. The number of carbonyl (C=O) groups is 1. The number of nitrogens with zero attached hydrogens (tertiary/aromatic N) is 3. The Balaban J connectivity index is 2.54. The maximum atomic E-state index is 13.0. The van der Waals surface area contributed by atoms with Crippen LogP contribution in [0.5, 0.6) is 0 Å². The van der Waals surface area contributed by atoms with E-state index in [-0.39, 0.29) is 11.6 Å². The van der Waals surface area contributed by atoms with E-state index < -0.39 is 0 Å². The van der Waals surface area contributed by atoms with Crippen LogP contribution in [0.3, 0.4) is 0 Å². The fourth-order valence-electron chi connectivity index (χ4n) is 2.34. The van der Waals surface area contributed by atoms with Crippen molar-refractivity contribution in [2.24, 2.45) is 10.7 Å². The molecule has 0 bridgehead atoms. The number of aliphatic imine (C=N–C) groups is 1. The number of nitrogens with one attached hydrogen (secondary N) is 2. The summed E-state index contributed by atoms with van der Waals surface area (Å²) in [5.74, 6) is 1.11. The molecule has 2 heterocycles. The van der Waals surface area contributed by atoms with Gasteiger partial charge in [0.15, 0.2) is 11.0 Å². The van der Waals surface area contributed by atoms with Crippen molar-refractivity contribution in [2.75, 3.05) is 13.6 Å². The van der Waals surface area contributed by atoms with E-state index in [2.05, 4.69) is 10.3 Å². The number of amides is 1. The summed E-state index contributed by atoms with van der Waals surface area (Å²) in [5.41, 5.74) is 7.36. The van der Waals surface area contributed by atoms with Gasteiger partial charge < -0.3 is 11.1 Å². The quantitative estimate of drug-likeness (QED) is 0.539. The Morgan fingerprint density at radius 1 is 1.52 bits per heavy atom. The van der Waals surface area contributed by atoms with Gasteiger partial charge in [-0.15, -0.1) is 0 Å². The summed E-state index contributed by atoms with van der Waals surface area (Å²) in [5, 5.41) is 11.5. The minimum atomic E-state index is -0.327. The molecule has 124 valence electrons. The highest BCUT2D eigenvalue weighted by molar-refractivity contribution is 6.46. The van der Waals surface area contributed by atoms with Crippen LogP contribution in [-0.2, 0) is 4.79 Å². The Hall–Kier alpha value is -2.28. The average Bonchev–Trinajstić information content (AvgIpc) is 3.23. The van der Waals surface area contributed by atoms with Gasteiger partial charge in [0.2, 0.25) is 0 Å². The number of nitrogens with two attached hydrogens (primary N) is 1. The van der Waals surface area contributed by atoms with Gasteiger partial charge in [0.05, 0.1) is 6.54 Å². The molecule has 4 N–H and O–H groups in total.